The molecule has 20 heavy (non-hydrogen) atoms. The number of aromatic nitrogens is 1. The van der Waals surface area contributed by atoms with Crippen LogP contribution in [0.4, 0.5) is 0 Å². The molecule has 2 heteroatoms. The van der Waals surface area contributed by atoms with E-state index in [4.69, 9.17) is 4.42 Å². The minimum absolute atomic E-state index is 0.852. The van der Waals surface area contributed by atoms with E-state index in [1.165, 1.54) is 0 Å². The molecule has 0 radical (unpaired) electrons. The minimum atomic E-state index is 0.852. The number of furan rings is 1. The van der Waals surface area contributed by atoms with Crippen molar-refractivity contribution in [1.29, 1.82) is 0 Å². The van der Waals surface area contributed by atoms with Gasteiger partial charge in [0.2, 0.25) is 0 Å². The van der Waals surface area contributed by atoms with Crippen LogP contribution < -0.4 is 10.6 Å². The fourth-order valence-corrected chi connectivity index (χ4v) is 2.33. The Balaban J connectivity index is 2.45. The maximum atomic E-state index is 6.01. The van der Waals surface area contributed by atoms with Crippen LogP contribution >= 0.6 is 0 Å². The Labute approximate surface area is 117 Å². The van der Waals surface area contributed by atoms with Gasteiger partial charge in [-0.2, -0.15) is 0 Å². The molecule has 1 aromatic carbocycles. The van der Waals surface area contributed by atoms with Crippen molar-refractivity contribution < 1.29 is 4.42 Å². The highest BCUT2D eigenvalue weighted by Gasteiger charge is 2.06. The van der Waals surface area contributed by atoms with Crippen LogP contribution in [0.3, 0.4) is 0 Å². The highest BCUT2D eigenvalue weighted by atomic mass is 16.3. The molecular weight excluding hydrogens is 246 g/mol. The Morgan fingerprint density at radius 1 is 1.15 bits per heavy atom. The quantitative estimate of drug-likeness (QED) is 0.708. The molecule has 0 aliphatic carbocycles. The zero-order valence-electron chi connectivity index (χ0n) is 11.3. The van der Waals surface area contributed by atoms with E-state index in [1.54, 1.807) is 12.3 Å². The third-order valence-electron chi connectivity index (χ3n) is 3.31. The summed E-state index contributed by atoms with van der Waals surface area (Å²) in [6.07, 6.45) is 5.55. The summed E-state index contributed by atoms with van der Waals surface area (Å²) in [4.78, 5) is 4.39. The van der Waals surface area contributed by atoms with E-state index in [9.17, 15) is 0 Å². The number of hydrogen-bond acceptors (Lipinski definition) is 2. The highest BCUT2D eigenvalue weighted by molar-refractivity contribution is 5.80. The molecule has 0 unspecified atom stereocenters. The first-order valence-corrected chi connectivity index (χ1v) is 6.54. The van der Waals surface area contributed by atoms with Gasteiger partial charge in [-0.25, -0.2) is 0 Å². The number of allylic oxidation sites excluding steroid dienone is 1. The van der Waals surface area contributed by atoms with Crippen molar-refractivity contribution in [2.24, 2.45) is 0 Å². The maximum Gasteiger partial charge on any atom is 0.140 e. The fraction of sp³-hybridized carbons (Fsp3) is 0.0556. The van der Waals surface area contributed by atoms with Crippen molar-refractivity contribution in [3.63, 3.8) is 0 Å². The van der Waals surface area contributed by atoms with Gasteiger partial charge in [-0.3, -0.25) is 4.98 Å². The van der Waals surface area contributed by atoms with Gasteiger partial charge in [0.1, 0.15) is 11.0 Å². The summed E-state index contributed by atoms with van der Waals surface area (Å²) in [5, 5.41) is 2.15. The smallest absolute Gasteiger partial charge is 0.140 e. The first kappa shape index (κ1) is 12.4. The summed E-state index contributed by atoms with van der Waals surface area (Å²) in [5.41, 5.74) is 3.68. The molecule has 0 saturated carbocycles. The van der Waals surface area contributed by atoms with Gasteiger partial charge in [-0.1, -0.05) is 43.0 Å². The van der Waals surface area contributed by atoms with E-state index in [-0.39, 0.29) is 0 Å². The molecule has 0 aliphatic heterocycles. The molecule has 0 fully saturated rings. The summed E-state index contributed by atoms with van der Waals surface area (Å²) < 4.78 is 6.01. The van der Waals surface area contributed by atoms with Gasteiger partial charge in [-0.05, 0) is 25.1 Å². The molecule has 0 bridgehead atoms. The van der Waals surface area contributed by atoms with Gasteiger partial charge in [0.25, 0.3) is 0 Å². The molecule has 2 aromatic heterocycles. The van der Waals surface area contributed by atoms with E-state index >= 15 is 0 Å². The van der Waals surface area contributed by atoms with Gasteiger partial charge in [0, 0.05) is 22.4 Å². The van der Waals surface area contributed by atoms with Crippen molar-refractivity contribution in [1.82, 2.24) is 4.98 Å². The van der Waals surface area contributed by atoms with Gasteiger partial charge < -0.3 is 4.42 Å². The number of fused-ring (bicyclic) bond motifs is 1. The second-order valence-electron chi connectivity index (χ2n) is 4.58. The number of pyridine rings is 1. The third-order valence-corrected chi connectivity index (χ3v) is 3.31. The maximum absolute atomic E-state index is 6.01. The predicted molar refractivity (Wildman–Crippen MR) is 82.5 cm³/mol. The van der Waals surface area contributed by atoms with Crippen LogP contribution in [-0.2, 0) is 0 Å². The van der Waals surface area contributed by atoms with Gasteiger partial charge in [0.15, 0.2) is 0 Å². The normalized spacial score (nSPS) is 13.6. The van der Waals surface area contributed by atoms with Crippen molar-refractivity contribution >= 4 is 22.6 Å². The average Bonchev–Trinajstić information content (AvgIpc) is 2.87. The van der Waals surface area contributed by atoms with Crippen LogP contribution in [0.25, 0.3) is 22.6 Å². The molecule has 0 saturated heterocycles. The molecule has 0 spiro atoms. The number of benzene rings is 1. The topological polar surface area (TPSA) is 26.0 Å². The fourth-order valence-electron chi connectivity index (χ4n) is 2.33. The van der Waals surface area contributed by atoms with E-state index in [2.05, 4.69) is 17.6 Å². The Hall–Kier alpha value is -2.61. The lowest BCUT2D eigenvalue weighted by Crippen LogP contribution is -2.22. The second kappa shape index (κ2) is 5.17. The molecule has 2 nitrogen and oxygen atoms in total. The van der Waals surface area contributed by atoms with E-state index < -0.39 is 0 Å². The minimum Gasteiger partial charge on any atom is -0.456 e. The monoisotopic (exact) mass is 261 g/mol. The Bertz CT molecular complexity index is 873. The standard InChI is InChI=1S/C18H15NO/c1-3-8-15-14-9-4-5-11-17(14)20-18(15)13(2)16-10-6-7-12-19-16/h3-12H,1H2,2H3/b15-8-,18-13-. The Morgan fingerprint density at radius 3 is 2.70 bits per heavy atom. The van der Waals surface area contributed by atoms with Crippen LogP contribution in [0.5, 0.6) is 0 Å². The van der Waals surface area contributed by atoms with Crippen LogP contribution in [0.15, 0.2) is 65.7 Å². The SMILES string of the molecule is C=C/C=c1\c(=C(/C)c2ccccn2)oc2ccccc12. The molecule has 3 aromatic rings. The lowest BCUT2D eigenvalue weighted by atomic mass is 10.1. The summed E-state index contributed by atoms with van der Waals surface area (Å²) in [6, 6.07) is 13.9. The Kier molecular flexibility index (Phi) is 3.21. The molecule has 0 atom stereocenters. The number of hydrogen-bond donors (Lipinski definition) is 0. The zero-order chi connectivity index (χ0) is 13.9. The van der Waals surface area contributed by atoms with E-state index in [1.807, 2.05) is 49.4 Å². The average molecular weight is 261 g/mol. The van der Waals surface area contributed by atoms with Crippen LogP contribution in [0, 0.1) is 0 Å². The largest absolute Gasteiger partial charge is 0.456 e. The lowest BCUT2D eigenvalue weighted by Gasteiger charge is -1.97. The number of rotatable bonds is 2. The van der Waals surface area contributed by atoms with E-state index in [0.717, 1.165) is 32.9 Å². The second-order valence-corrected chi connectivity index (χ2v) is 4.58. The number of nitrogens with zero attached hydrogens (tertiary/aromatic N) is 1. The molecule has 2 heterocycles. The summed E-state index contributed by atoms with van der Waals surface area (Å²) in [7, 11) is 0. The predicted octanol–water partition coefficient (Wildman–Crippen LogP) is 3.01. The molecular formula is C18H15NO. The van der Waals surface area contributed by atoms with Crippen molar-refractivity contribution in [3.8, 4) is 0 Å². The molecule has 98 valence electrons. The summed E-state index contributed by atoms with van der Waals surface area (Å²) in [6.45, 7) is 5.82. The van der Waals surface area contributed by atoms with Gasteiger partial charge in [-0.15, -0.1) is 0 Å². The molecule has 3 rings (SSSR count). The zero-order valence-corrected chi connectivity index (χ0v) is 11.3. The molecule has 0 N–H and O–H groups in total. The molecule has 0 aliphatic rings. The van der Waals surface area contributed by atoms with Crippen molar-refractivity contribution in [3.05, 3.63) is 77.6 Å². The molecule has 0 amide bonds. The lowest BCUT2D eigenvalue weighted by molar-refractivity contribution is 0.572. The highest BCUT2D eigenvalue weighted by Crippen LogP contribution is 2.10. The van der Waals surface area contributed by atoms with Gasteiger partial charge >= 0.3 is 0 Å². The third kappa shape index (κ3) is 2.05. The van der Waals surface area contributed by atoms with Crippen LogP contribution in [0.2, 0.25) is 0 Å². The van der Waals surface area contributed by atoms with Crippen molar-refractivity contribution in [2.45, 2.75) is 6.92 Å². The van der Waals surface area contributed by atoms with Crippen molar-refractivity contribution in [2.75, 3.05) is 0 Å². The number of para-hydroxylation sites is 1. The van der Waals surface area contributed by atoms with E-state index in [0.29, 0.717) is 0 Å². The first-order chi connectivity index (χ1) is 9.81. The van der Waals surface area contributed by atoms with Crippen LogP contribution in [-0.4, -0.2) is 4.98 Å². The van der Waals surface area contributed by atoms with Gasteiger partial charge in [0.05, 0.1) is 5.69 Å². The first-order valence-electron chi connectivity index (χ1n) is 6.54. The Morgan fingerprint density at radius 2 is 1.95 bits per heavy atom. The van der Waals surface area contributed by atoms with Crippen LogP contribution in [0.1, 0.15) is 12.6 Å². The summed E-state index contributed by atoms with van der Waals surface area (Å²) >= 11 is 0. The summed E-state index contributed by atoms with van der Waals surface area (Å²) in [5.74, 6) is 0.